The molecule has 2 rings (SSSR count). The SMILES string of the molecule is CC(Cl)C(=O)N1CCCC(C2(C)COC(=O)N2)C1. The van der Waals surface area contributed by atoms with E-state index in [-0.39, 0.29) is 23.5 Å². The van der Waals surface area contributed by atoms with Crippen molar-refractivity contribution in [2.75, 3.05) is 19.7 Å². The molecule has 2 aliphatic heterocycles. The molecule has 0 radical (unpaired) electrons. The summed E-state index contributed by atoms with van der Waals surface area (Å²) < 4.78 is 4.99. The van der Waals surface area contributed by atoms with Gasteiger partial charge < -0.3 is 15.0 Å². The summed E-state index contributed by atoms with van der Waals surface area (Å²) in [5.41, 5.74) is -0.369. The third-order valence-corrected chi connectivity index (χ3v) is 4.05. The maximum atomic E-state index is 11.9. The molecule has 3 atom stereocenters. The van der Waals surface area contributed by atoms with Crippen LogP contribution in [0.5, 0.6) is 0 Å². The van der Waals surface area contributed by atoms with Crippen molar-refractivity contribution in [2.24, 2.45) is 5.92 Å². The number of carbonyl (C=O) groups is 2. The molecule has 2 aliphatic rings. The molecule has 0 aromatic heterocycles. The minimum absolute atomic E-state index is 0.0322. The van der Waals surface area contributed by atoms with Gasteiger partial charge in [-0.1, -0.05) is 0 Å². The molecule has 2 amide bonds. The number of likely N-dealkylation sites (tertiary alicyclic amines) is 1. The summed E-state index contributed by atoms with van der Waals surface area (Å²) in [6.07, 6.45) is 1.55. The minimum atomic E-state index is -0.494. The van der Waals surface area contributed by atoms with Gasteiger partial charge in [-0.25, -0.2) is 4.79 Å². The minimum Gasteiger partial charge on any atom is -0.447 e. The first-order valence-electron chi connectivity index (χ1n) is 6.30. The van der Waals surface area contributed by atoms with Crippen molar-refractivity contribution < 1.29 is 14.3 Å². The second-order valence-electron chi connectivity index (χ2n) is 5.36. The number of halogens is 1. The van der Waals surface area contributed by atoms with Crippen molar-refractivity contribution in [3.63, 3.8) is 0 Å². The van der Waals surface area contributed by atoms with Crippen molar-refractivity contribution in [1.82, 2.24) is 10.2 Å². The van der Waals surface area contributed by atoms with Crippen LogP contribution in [0.15, 0.2) is 0 Å². The molecule has 2 fully saturated rings. The van der Waals surface area contributed by atoms with Gasteiger partial charge in [0.25, 0.3) is 0 Å². The third kappa shape index (κ3) is 2.55. The van der Waals surface area contributed by atoms with E-state index in [1.165, 1.54) is 0 Å². The maximum absolute atomic E-state index is 11.9. The Morgan fingerprint density at radius 1 is 1.67 bits per heavy atom. The van der Waals surface area contributed by atoms with Crippen LogP contribution < -0.4 is 5.32 Å². The molecule has 0 aromatic rings. The Balaban J connectivity index is 2.03. The van der Waals surface area contributed by atoms with Gasteiger partial charge in [-0.3, -0.25) is 4.79 Å². The van der Waals surface area contributed by atoms with E-state index in [0.717, 1.165) is 19.4 Å². The number of piperidine rings is 1. The lowest BCUT2D eigenvalue weighted by Crippen LogP contribution is -2.55. The van der Waals surface area contributed by atoms with Crippen molar-refractivity contribution in [2.45, 2.75) is 37.6 Å². The van der Waals surface area contributed by atoms with Crippen molar-refractivity contribution in [3.8, 4) is 0 Å². The number of alkyl carbamates (subject to hydrolysis) is 1. The highest BCUT2D eigenvalue weighted by Gasteiger charge is 2.44. The highest BCUT2D eigenvalue weighted by Crippen LogP contribution is 2.30. The first-order chi connectivity index (χ1) is 8.42. The van der Waals surface area contributed by atoms with Gasteiger partial charge in [0.15, 0.2) is 0 Å². The van der Waals surface area contributed by atoms with Crippen LogP contribution in [-0.2, 0) is 9.53 Å². The Morgan fingerprint density at radius 2 is 2.39 bits per heavy atom. The van der Waals surface area contributed by atoms with E-state index in [9.17, 15) is 9.59 Å². The molecule has 3 unspecified atom stereocenters. The summed E-state index contributed by atoms with van der Waals surface area (Å²) in [6, 6.07) is 0. The Bertz CT molecular complexity index is 361. The molecule has 2 saturated heterocycles. The lowest BCUT2D eigenvalue weighted by Gasteiger charge is -2.40. The van der Waals surface area contributed by atoms with Crippen LogP contribution in [0.4, 0.5) is 4.79 Å². The number of hydrogen-bond donors (Lipinski definition) is 1. The van der Waals surface area contributed by atoms with Gasteiger partial charge >= 0.3 is 6.09 Å². The zero-order valence-corrected chi connectivity index (χ0v) is 11.5. The number of nitrogens with one attached hydrogen (secondary N) is 1. The fourth-order valence-electron chi connectivity index (χ4n) is 2.69. The second kappa shape index (κ2) is 4.96. The van der Waals surface area contributed by atoms with Gasteiger partial charge in [-0.05, 0) is 26.7 Å². The van der Waals surface area contributed by atoms with Crippen LogP contribution in [-0.4, -0.2) is 47.5 Å². The van der Waals surface area contributed by atoms with E-state index in [1.54, 1.807) is 11.8 Å². The number of carbonyl (C=O) groups excluding carboxylic acids is 2. The van der Waals surface area contributed by atoms with Gasteiger partial charge in [0, 0.05) is 19.0 Å². The van der Waals surface area contributed by atoms with Gasteiger partial charge in [0.05, 0.1) is 5.54 Å². The number of ether oxygens (including phenoxy) is 1. The monoisotopic (exact) mass is 274 g/mol. The van der Waals surface area contributed by atoms with E-state index in [4.69, 9.17) is 16.3 Å². The average Bonchev–Trinajstić information content (AvgIpc) is 2.70. The van der Waals surface area contributed by atoms with Crippen LogP contribution in [0.25, 0.3) is 0 Å². The van der Waals surface area contributed by atoms with Crippen molar-refractivity contribution in [3.05, 3.63) is 0 Å². The first kappa shape index (κ1) is 13.5. The maximum Gasteiger partial charge on any atom is 0.407 e. The van der Waals surface area contributed by atoms with Crippen LogP contribution in [0.1, 0.15) is 26.7 Å². The van der Waals surface area contributed by atoms with E-state index >= 15 is 0 Å². The number of cyclic esters (lactones) is 1. The molecule has 1 N–H and O–H groups in total. The number of amides is 2. The fraction of sp³-hybridized carbons (Fsp3) is 0.833. The second-order valence-corrected chi connectivity index (χ2v) is 6.01. The summed E-state index contributed by atoms with van der Waals surface area (Å²) >= 11 is 5.84. The van der Waals surface area contributed by atoms with Gasteiger partial charge in [0.2, 0.25) is 5.91 Å². The molecule has 5 nitrogen and oxygen atoms in total. The largest absolute Gasteiger partial charge is 0.447 e. The molecule has 18 heavy (non-hydrogen) atoms. The lowest BCUT2D eigenvalue weighted by molar-refractivity contribution is -0.132. The molecular weight excluding hydrogens is 256 g/mol. The zero-order valence-electron chi connectivity index (χ0n) is 10.7. The number of rotatable bonds is 2. The summed E-state index contributed by atoms with van der Waals surface area (Å²) in [5, 5.41) is 2.36. The van der Waals surface area contributed by atoms with Crippen LogP contribution in [0.2, 0.25) is 0 Å². The molecule has 0 bridgehead atoms. The number of nitrogens with zero attached hydrogens (tertiary/aromatic N) is 1. The average molecular weight is 275 g/mol. The number of alkyl halides is 1. The Kier molecular flexibility index (Phi) is 3.71. The first-order valence-corrected chi connectivity index (χ1v) is 6.74. The Morgan fingerprint density at radius 3 is 2.94 bits per heavy atom. The smallest absolute Gasteiger partial charge is 0.407 e. The van der Waals surface area contributed by atoms with Crippen LogP contribution in [0.3, 0.4) is 0 Å². The molecule has 0 saturated carbocycles. The Hall–Kier alpha value is -0.970. The Labute approximate surface area is 112 Å². The lowest BCUT2D eigenvalue weighted by atomic mass is 9.81. The molecule has 2 heterocycles. The summed E-state index contributed by atoms with van der Waals surface area (Å²) in [7, 11) is 0. The van der Waals surface area contributed by atoms with Gasteiger partial charge in [-0.15, -0.1) is 11.6 Å². The number of hydrogen-bond acceptors (Lipinski definition) is 3. The van der Waals surface area contributed by atoms with E-state index in [1.807, 2.05) is 6.92 Å². The topological polar surface area (TPSA) is 58.6 Å². The van der Waals surface area contributed by atoms with Crippen molar-refractivity contribution >= 4 is 23.6 Å². The van der Waals surface area contributed by atoms with Crippen LogP contribution in [0, 0.1) is 5.92 Å². The molecule has 0 aliphatic carbocycles. The highest BCUT2D eigenvalue weighted by molar-refractivity contribution is 6.30. The molecule has 6 heteroatoms. The fourth-order valence-corrected chi connectivity index (χ4v) is 2.83. The van der Waals surface area contributed by atoms with Gasteiger partial charge in [0.1, 0.15) is 12.0 Å². The predicted octanol–water partition coefficient (Wildman–Crippen LogP) is 1.35. The van der Waals surface area contributed by atoms with Gasteiger partial charge in [-0.2, -0.15) is 0 Å². The molecule has 0 aromatic carbocycles. The predicted molar refractivity (Wildman–Crippen MR) is 67.5 cm³/mol. The molecule has 0 spiro atoms. The molecular formula is C12H19ClN2O3. The molecule has 102 valence electrons. The van der Waals surface area contributed by atoms with E-state index in [0.29, 0.717) is 13.2 Å². The highest BCUT2D eigenvalue weighted by atomic mass is 35.5. The zero-order chi connectivity index (χ0) is 13.3. The standard InChI is InChI=1S/C12H19ClN2O3/c1-8(13)10(16)15-5-3-4-9(6-15)12(2)7-18-11(17)14-12/h8-9H,3-7H2,1-2H3,(H,14,17). The summed E-state index contributed by atoms with van der Waals surface area (Å²) in [5.74, 6) is 0.187. The quantitative estimate of drug-likeness (QED) is 0.774. The van der Waals surface area contributed by atoms with Crippen LogP contribution >= 0.6 is 11.6 Å². The summed E-state index contributed by atoms with van der Waals surface area (Å²) in [6.45, 7) is 5.42. The van der Waals surface area contributed by atoms with Crippen molar-refractivity contribution in [1.29, 1.82) is 0 Å². The van der Waals surface area contributed by atoms with E-state index in [2.05, 4.69) is 5.32 Å². The van der Waals surface area contributed by atoms with E-state index < -0.39 is 5.38 Å². The normalized spacial score (nSPS) is 33.8. The summed E-state index contributed by atoms with van der Waals surface area (Å²) in [4.78, 5) is 24.9. The third-order valence-electron chi connectivity index (χ3n) is 3.87.